The first-order valence-electron chi connectivity index (χ1n) is 8.79. The van der Waals surface area contributed by atoms with Gasteiger partial charge in [-0.15, -0.1) is 5.10 Å². The van der Waals surface area contributed by atoms with Crippen LogP contribution in [0, 0.1) is 16.7 Å². The van der Waals surface area contributed by atoms with Gasteiger partial charge in [0.05, 0.1) is 18.6 Å². The van der Waals surface area contributed by atoms with Gasteiger partial charge in [-0.2, -0.15) is 4.98 Å². The van der Waals surface area contributed by atoms with E-state index in [0.29, 0.717) is 28.4 Å². The lowest BCUT2D eigenvalue weighted by atomic mass is 9.48. The first-order valence-corrected chi connectivity index (χ1v) is 9.78. The number of hydrogen-bond acceptors (Lipinski definition) is 6. The Bertz CT molecular complexity index is 788. The summed E-state index contributed by atoms with van der Waals surface area (Å²) < 4.78 is 10.8. The van der Waals surface area contributed by atoms with E-state index in [1.807, 2.05) is 11.0 Å². The Morgan fingerprint density at radius 1 is 1.54 bits per heavy atom. The number of ether oxygens (including phenoxy) is 1. The SMILES string of the molecule is COC[C@@]12CN(C(=O)CSc3n[nH]c(-c4ccco4)n3)C[C@@H]1C(C)(C)C2. The second-order valence-electron chi connectivity index (χ2n) is 8.02. The van der Waals surface area contributed by atoms with Crippen LogP contribution < -0.4 is 0 Å². The van der Waals surface area contributed by atoms with E-state index in [4.69, 9.17) is 9.15 Å². The van der Waals surface area contributed by atoms with Gasteiger partial charge >= 0.3 is 0 Å². The Kier molecular flexibility index (Phi) is 4.35. The van der Waals surface area contributed by atoms with Crippen molar-refractivity contribution in [3.05, 3.63) is 18.4 Å². The number of carbonyl (C=O) groups is 1. The van der Waals surface area contributed by atoms with Gasteiger partial charge in [0.2, 0.25) is 11.1 Å². The van der Waals surface area contributed by atoms with E-state index in [1.165, 1.54) is 11.8 Å². The Hall–Kier alpha value is -1.80. The Morgan fingerprint density at radius 2 is 2.38 bits per heavy atom. The van der Waals surface area contributed by atoms with Gasteiger partial charge in [0.15, 0.2) is 11.6 Å². The van der Waals surface area contributed by atoms with Crippen LogP contribution in [-0.4, -0.2) is 58.5 Å². The van der Waals surface area contributed by atoms with Crippen LogP contribution >= 0.6 is 11.8 Å². The molecule has 2 atom stereocenters. The standard InChI is InChI=1S/C18H24N4O3S/c1-17(2)9-18(11-24-3)10-22(7-13(17)18)14(23)8-26-16-19-15(20-21-16)12-5-4-6-25-12/h4-6,13H,7-11H2,1-3H3,(H,19,20,21)/t13-,18-/m1/s1. The predicted molar refractivity (Wildman–Crippen MR) is 97.6 cm³/mol. The number of fused-ring (bicyclic) bond motifs is 1. The predicted octanol–water partition coefficient (Wildman–Crippen LogP) is 2.68. The largest absolute Gasteiger partial charge is 0.461 e. The van der Waals surface area contributed by atoms with E-state index in [9.17, 15) is 4.79 Å². The fourth-order valence-electron chi connectivity index (χ4n) is 4.85. The summed E-state index contributed by atoms with van der Waals surface area (Å²) in [5.41, 5.74) is 0.415. The number of furan rings is 1. The smallest absolute Gasteiger partial charge is 0.233 e. The molecule has 4 rings (SSSR count). The molecule has 0 unspecified atom stereocenters. The molecule has 1 saturated carbocycles. The summed E-state index contributed by atoms with van der Waals surface area (Å²) in [7, 11) is 1.75. The number of thioether (sulfide) groups is 1. The molecule has 2 aliphatic rings. The summed E-state index contributed by atoms with van der Waals surface area (Å²) in [6.45, 7) is 6.92. The molecule has 140 valence electrons. The lowest BCUT2D eigenvalue weighted by Gasteiger charge is -2.56. The van der Waals surface area contributed by atoms with E-state index in [1.54, 1.807) is 19.4 Å². The van der Waals surface area contributed by atoms with Gasteiger partial charge in [-0.3, -0.25) is 9.89 Å². The van der Waals surface area contributed by atoms with Crippen LogP contribution in [0.15, 0.2) is 28.0 Å². The fraction of sp³-hybridized carbons (Fsp3) is 0.611. The molecule has 3 heterocycles. The average molecular weight is 376 g/mol. The summed E-state index contributed by atoms with van der Waals surface area (Å²) >= 11 is 1.35. The zero-order valence-corrected chi connectivity index (χ0v) is 16.1. The normalized spacial score (nSPS) is 26.6. The van der Waals surface area contributed by atoms with Crippen LogP contribution in [0.1, 0.15) is 20.3 Å². The highest BCUT2D eigenvalue weighted by molar-refractivity contribution is 7.99. The molecule has 26 heavy (non-hydrogen) atoms. The summed E-state index contributed by atoms with van der Waals surface area (Å²) in [4.78, 5) is 19.1. The molecule has 2 aromatic rings. The molecule has 1 saturated heterocycles. The topological polar surface area (TPSA) is 84.2 Å². The summed E-state index contributed by atoms with van der Waals surface area (Å²) in [6.07, 6.45) is 2.70. The highest BCUT2D eigenvalue weighted by atomic mass is 32.2. The maximum atomic E-state index is 12.7. The average Bonchev–Trinajstić information content (AvgIpc) is 3.31. The van der Waals surface area contributed by atoms with Crippen LogP contribution in [-0.2, 0) is 9.53 Å². The van der Waals surface area contributed by atoms with E-state index >= 15 is 0 Å². The van der Waals surface area contributed by atoms with Crippen molar-refractivity contribution in [2.45, 2.75) is 25.4 Å². The number of rotatable bonds is 6. The van der Waals surface area contributed by atoms with Crippen LogP contribution in [0.3, 0.4) is 0 Å². The number of nitrogens with one attached hydrogen (secondary N) is 1. The third-order valence-electron chi connectivity index (χ3n) is 5.73. The van der Waals surface area contributed by atoms with Crippen molar-refractivity contribution in [3.8, 4) is 11.6 Å². The number of nitrogens with zero attached hydrogens (tertiary/aromatic N) is 3. The number of aromatic nitrogens is 3. The molecule has 0 bridgehead atoms. The number of carbonyl (C=O) groups excluding carboxylic acids is 1. The highest BCUT2D eigenvalue weighted by Crippen LogP contribution is 2.62. The quantitative estimate of drug-likeness (QED) is 0.781. The zero-order chi connectivity index (χ0) is 18.4. The molecule has 7 nitrogen and oxygen atoms in total. The highest BCUT2D eigenvalue weighted by Gasteiger charge is 2.63. The van der Waals surface area contributed by atoms with Crippen molar-refractivity contribution in [3.63, 3.8) is 0 Å². The van der Waals surface area contributed by atoms with Crippen molar-refractivity contribution in [1.29, 1.82) is 0 Å². The van der Waals surface area contributed by atoms with Crippen LogP contribution in [0.5, 0.6) is 0 Å². The Morgan fingerprint density at radius 3 is 3.08 bits per heavy atom. The van der Waals surface area contributed by atoms with Crippen LogP contribution in [0.4, 0.5) is 0 Å². The number of likely N-dealkylation sites (tertiary alicyclic amines) is 1. The molecule has 1 aliphatic carbocycles. The van der Waals surface area contributed by atoms with E-state index in [2.05, 4.69) is 29.0 Å². The first kappa shape index (κ1) is 17.6. The minimum Gasteiger partial charge on any atom is -0.461 e. The Balaban J connectivity index is 1.36. The molecule has 0 aromatic carbocycles. The second-order valence-corrected chi connectivity index (χ2v) is 8.96. The molecule has 0 radical (unpaired) electrons. The van der Waals surface area contributed by atoms with Gasteiger partial charge in [0, 0.05) is 25.6 Å². The molecular weight excluding hydrogens is 352 g/mol. The Labute approximate surface area is 156 Å². The molecule has 8 heteroatoms. The van der Waals surface area contributed by atoms with Crippen molar-refractivity contribution in [1.82, 2.24) is 20.1 Å². The molecule has 2 fully saturated rings. The van der Waals surface area contributed by atoms with Gasteiger partial charge in [0.1, 0.15) is 0 Å². The molecule has 1 N–H and O–H groups in total. The third kappa shape index (κ3) is 2.95. The summed E-state index contributed by atoms with van der Waals surface area (Å²) in [5.74, 6) is 2.20. The lowest BCUT2D eigenvalue weighted by molar-refractivity contribution is -0.128. The fourth-order valence-corrected chi connectivity index (χ4v) is 5.55. The summed E-state index contributed by atoms with van der Waals surface area (Å²) in [5, 5.41) is 7.55. The number of amides is 1. The zero-order valence-electron chi connectivity index (χ0n) is 15.3. The van der Waals surface area contributed by atoms with Gasteiger partial charge in [0.25, 0.3) is 0 Å². The number of aromatic amines is 1. The summed E-state index contributed by atoms with van der Waals surface area (Å²) in [6, 6.07) is 3.62. The van der Waals surface area contributed by atoms with Crippen molar-refractivity contribution >= 4 is 17.7 Å². The van der Waals surface area contributed by atoms with Crippen LogP contribution in [0.2, 0.25) is 0 Å². The monoisotopic (exact) mass is 376 g/mol. The van der Waals surface area contributed by atoms with Gasteiger partial charge in [-0.1, -0.05) is 25.6 Å². The van der Waals surface area contributed by atoms with E-state index in [0.717, 1.165) is 26.1 Å². The molecule has 1 aliphatic heterocycles. The van der Waals surface area contributed by atoms with Crippen molar-refractivity contribution in [2.75, 3.05) is 32.6 Å². The second kappa shape index (κ2) is 6.42. The lowest BCUT2D eigenvalue weighted by Crippen LogP contribution is -2.55. The molecular formula is C18H24N4O3S. The van der Waals surface area contributed by atoms with Crippen molar-refractivity contribution < 1.29 is 13.9 Å². The molecule has 1 amide bonds. The first-order chi connectivity index (χ1) is 12.4. The third-order valence-corrected chi connectivity index (χ3v) is 6.56. The molecule has 0 spiro atoms. The molecule has 2 aromatic heterocycles. The van der Waals surface area contributed by atoms with Gasteiger partial charge in [-0.05, 0) is 29.9 Å². The maximum Gasteiger partial charge on any atom is 0.233 e. The van der Waals surface area contributed by atoms with E-state index < -0.39 is 0 Å². The van der Waals surface area contributed by atoms with Gasteiger partial charge in [-0.25, -0.2) is 0 Å². The minimum absolute atomic E-state index is 0.135. The number of methoxy groups -OCH3 is 1. The van der Waals surface area contributed by atoms with Gasteiger partial charge < -0.3 is 14.1 Å². The number of hydrogen-bond donors (Lipinski definition) is 1. The van der Waals surface area contributed by atoms with Crippen LogP contribution in [0.25, 0.3) is 11.6 Å². The van der Waals surface area contributed by atoms with Crippen molar-refractivity contribution in [2.24, 2.45) is 16.7 Å². The minimum atomic E-state index is 0.135. The maximum absolute atomic E-state index is 12.7. The number of H-pyrrole nitrogens is 1. The van der Waals surface area contributed by atoms with E-state index in [-0.39, 0.29) is 16.7 Å².